The van der Waals surface area contributed by atoms with Crippen LogP contribution < -0.4 is 5.73 Å². The predicted molar refractivity (Wildman–Crippen MR) is 61.0 cm³/mol. The number of benzene rings is 1. The van der Waals surface area contributed by atoms with Crippen LogP contribution in [0.4, 0.5) is 17.6 Å². The third-order valence-corrected chi connectivity index (χ3v) is 2.08. The molecule has 0 saturated carbocycles. The van der Waals surface area contributed by atoms with E-state index >= 15 is 0 Å². The predicted octanol–water partition coefficient (Wildman–Crippen LogP) is 3.29. The molecule has 2 rings (SSSR count). The molecule has 0 radical (unpaired) electrons. The number of anilines is 1. The molecule has 0 spiro atoms. The molecule has 16 heavy (non-hydrogen) atoms. The molecule has 1 aromatic carbocycles. The van der Waals surface area contributed by atoms with Gasteiger partial charge in [0.2, 0.25) is 0 Å². The Balaban J connectivity index is 2.21. The van der Waals surface area contributed by atoms with Crippen LogP contribution in [-0.4, -0.2) is 4.98 Å². The van der Waals surface area contributed by atoms with Gasteiger partial charge < -0.3 is 10.2 Å². The Morgan fingerprint density at radius 3 is 2.38 bits per heavy atom. The zero-order chi connectivity index (χ0) is 11.5. The van der Waals surface area contributed by atoms with Crippen molar-refractivity contribution in [2.75, 3.05) is 5.73 Å². The van der Waals surface area contributed by atoms with Crippen LogP contribution in [0.3, 0.4) is 0 Å². The summed E-state index contributed by atoms with van der Waals surface area (Å²) >= 11 is 0. The monoisotopic (exact) mass is 216 g/mol. The average Bonchev–Trinajstić information content (AvgIpc) is 2.57. The lowest BCUT2D eigenvalue weighted by molar-refractivity contribution is 0.584. The number of nitrogen functional groups attached to an aromatic ring is 1. The van der Waals surface area contributed by atoms with Gasteiger partial charge >= 0.3 is 0 Å². The molecule has 82 valence electrons. The van der Waals surface area contributed by atoms with E-state index in [2.05, 4.69) is 15.2 Å². The van der Waals surface area contributed by atoms with Gasteiger partial charge in [0.1, 0.15) is 5.69 Å². The normalized spacial score (nSPS) is 11.1. The second-order valence-corrected chi connectivity index (χ2v) is 3.48. The van der Waals surface area contributed by atoms with Gasteiger partial charge in [-0.05, 0) is 26.0 Å². The summed E-state index contributed by atoms with van der Waals surface area (Å²) in [6.45, 7) is 3.78. The number of oxazole rings is 1. The number of aromatic nitrogens is 1. The van der Waals surface area contributed by atoms with Gasteiger partial charge in [-0.3, -0.25) is 0 Å². The van der Waals surface area contributed by atoms with Crippen LogP contribution in [0, 0.1) is 13.8 Å². The van der Waals surface area contributed by atoms with Crippen molar-refractivity contribution >= 4 is 17.6 Å². The van der Waals surface area contributed by atoms with Crippen LogP contribution in [0.1, 0.15) is 11.3 Å². The van der Waals surface area contributed by atoms with Crippen LogP contribution >= 0.6 is 0 Å². The van der Waals surface area contributed by atoms with Crippen molar-refractivity contribution in [1.82, 2.24) is 4.98 Å². The van der Waals surface area contributed by atoms with Crippen LogP contribution in [0.25, 0.3) is 0 Å². The van der Waals surface area contributed by atoms with Crippen molar-refractivity contribution in [3.05, 3.63) is 35.5 Å². The highest BCUT2D eigenvalue weighted by Crippen LogP contribution is 2.23. The molecule has 0 bridgehead atoms. The molecule has 1 aromatic heterocycles. The zero-order valence-corrected chi connectivity index (χ0v) is 9.14. The third kappa shape index (κ3) is 2.25. The van der Waals surface area contributed by atoms with Crippen LogP contribution in [0.2, 0.25) is 0 Å². The van der Waals surface area contributed by atoms with E-state index in [0.717, 1.165) is 5.69 Å². The molecule has 2 N–H and O–H groups in total. The van der Waals surface area contributed by atoms with E-state index in [1.165, 1.54) is 5.56 Å². The Morgan fingerprint density at radius 2 is 1.81 bits per heavy atom. The first kappa shape index (κ1) is 10.4. The second-order valence-electron chi connectivity index (χ2n) is 3.48. The van der Waals surface area contributed by atoms with Gasteiger partial charge in [-0.15, -0.1) is 10.2 Å². The highest BCUT2D eigenvalue weighted by Gasteiger charge is 2.05. The SMILES string of the molecule is Cc1ccc(N=Nc2oc(N)nc2C)cc1. The van der Waals surface area contributed by atoms with E-state index in [-0.39, 0.29) is 6.01 Å². The number of hydrogen-bond donors (Lipinski definition) is 1. The summed E-state index contributed by atoms with van der Waals surface area (Å²) < 4.78 is 5.07. The molecule has 0 atom stereocenters. The number of nitrogens with zero attached hydrogens (tertiary/aromatic N) is 3. The summed E-state index contributed by atoms with van der Waals surface area (Å²) in [5.41, 5.74) is 7.97. The minimum Gasteiger partial charge on any atom is -0.403 e. The largest absolute Gasteiger partial charge is 0.403 e. The number of aryl methyl sites for hydroxylation is 2. The number of hydrogen-bond acceptors (Lipinski definition) is 5. The molecule has 0 aliphatic heterocycles. The summed E-state index contributed by atoms with van der Waals surface area (Å²) in [5, 5.41) is 7.97. The minimum absolute atomic E-state index is 0.107. The van der Waals surface area contributed by atoms with Gasteiger partial charge in [-0.2, -0.15) is 4.98 Å². The quantitative estimate of drug-likeness (QED) is 0.782. The summed E-state index contributed by atoms with van der Waals surface area (Å²) in [6.07, 6.45) is 0. The lowest BCUT2D eigenvalue weighted by Gasteiger charge is -1.92. The highest BCUT2D eigenvalue weighted by molar-refractivity contribution is 5.39. The fraction of sp³-hybridized carbons (Fsp3) is 0.182. The fourth-order valence-corrected chi connectivity index (χ4v) is 1.22. The van der Waals surface area contributed by atoms with Crippen molar-refractivity contribution in [3.8, 4) is 0 Å². The molecule has 0 unspecified atom stereocenters. The van der Waals surface area contributed by atoms with E-state index in [9.17, 15) is 0 Å². The molecule has 0 amide bonds. The maximum absolute atomic E-state index is 5.39. The summed E-state index contributed by atoms with van der Waals surface area (Å²) in [5.74, 6) is 0.345. The minimum atomic E-state index is 0.107. The lowest BCUT2D eigenvalue weighted by atomic mass is 10.2. The summed E-state index contributed by atoms with van der Waals surface area (Å²) in [7, 11) is 0. The first-order chi connectivity index (χ1) is 7.65. The highest BCUT2D eigenvalue weighted by atomic mass is 16.4. The van der Waals surface area contributed by atoms with Gasteiger partial charge in [0.25, 0.3) is 11.9 Å². The number of azo groups is 1. The summed E-state index contributed by atoms with van der Waals surface area (Å²) in [6, 6.07) is 7.81. The Morgan fingerprint density at radius 1 is 1.12 bits per heavy atom. The molecule has 0 fully saturated rings. The first-order valence-electron chi connectivity index (χ1n) is 4.86. The van der Waals surface area contributed by atoms with E-state index in [1.807, 2.05) is 31.2 Å². The second kappa shape index (κ2) is 4.14. The smallest absolute Gasteiger partial charge is 0.294 e. The molecular weight excluding hydrogens is 204 g/mol. The van der Waals surface area contributed by atoms with Gasteiger partial charge in [0, 0.05) is 0 Å². The Hall–Kier alpha value is -2.17. The Kier molecular flexibility index (Phi) is 2.68. The molecule has 0 saturated heterocycles. The van der Waals surface area contributed by atoms with Crippen LogP contribution in [-0.2, 0) is 0 Å². The van der Waals surface area contributed by atoms with Gasteiger partial charge in [-0.25, -0.2) is 0 Å². The van der Waals surface area contributed by atoms with Gasteiger partial charge in [0.05, 0.1) is 5.69 Å². The topological polar surface area (TPSA) is 76.8 Å². The first-order valence-corrected chi connectivity index (χ1v) is 4.86. The van der Waals surface area contributed by atoms with E-state index < -0.39 is 0 Å². The maximum atomic E-state index is 5.39. The molecule has 0 aliphatic rings. The zero-order valence-electron chi connectivity index (χ0n) is 9.14. The fourth-order valence-electron chi connectivity index (χ4n) is 1.22. The van der Waals surface area contributed by atoms with Crippen molar-refractivity contribution in [1.29, 1.82) is 0 Å². The summed E-state index contributed by atoms with van der Waals surface area (Å²) in [4.78, 5) is 3.89. The van der Waals surface area contributed by atoms with Gasteiger partial charge in [-0.1, -0.05) is 17.7 Å². The van der Waals surface area contributed by atoms with Crippen molar-refractivity contribution in [2.45, 2.75) is 13.8 Å². The molecule has 0 aliphatic carbocycles. The van der Waals surface area contributed by atoms with Crippen molar-refractivity contribution in [3.63, 3.8) is 0 Å². The van der Waals surface area contributed by atoms with E-state index in [1.54, 1.807) is 6.92 Å². The molecule has 1 heterocycles. The lowest BCUT2D eigenvalue weighted by Crippen LogP contribution is -1.81. The van der Waals surface area contributed by atoms with Crippen LogP contribution in [0.15, 0.2) is 38.9 Å². The van der Waals surface area contributed by atoms with Crippen molar-refractivity contribution in [2.24, 2.45) is 10.2 Å². The van der Waals surface area contributed by atoms with Crippen LogP contribution in [0.5, 0.6) is 0 Å². The standard InChI is InChI=1S/C11H12N4O/c1-7-3-5-9(6-4-7)14-15-10-8(2)13-11(12)16-10/h3-6H,1-2H3,(H2,12,13). The third-order valence-electron chi connectivity index (χ3n) is 2.08. The molecule has 5 heteroatoms. The van der Waals surface area contributed by atoms with E-state index in [0.29, 0.717) is 11.6 Å². The van der Waals surface area contributed by atoms with Gasteiger partial charge in [0.15, 0.2) is 0 Å². The number of nitrogens with two attached hydrogens (primary N) is 1. The van der Waals surface area contributed by atoms with E-state index in [4.69, 9.17) is 10.2 Å². The molecular formula is C11H12N4O. The Bertz CT molecular complexity index is 513. The maximum Gasteiger partial charge on any atom is 0.294 e. The molecule has 5 nitrogen and oxygen atoms in total. The van der Waals surface area contributed by atoms with Crippen molar-refractivity contribution < 1.29 is 4.42 Å². The number of rotatable bonds is 2. The Labute approximate surface area is 93.0 Å². The molecule has 2 aromatic rings. The average molecular weight is 216 g/mol.